The van der Waals surface area contributed by atoms with Crippen LogP contribution in [0.25, 0.3) is 0 Å². The van der Waals surface area contributed by atoms with Crippen molar-refractivity contribution in [1.29, 1.82) is 0 Å². The third-order valence-corrected chi connectivity index (χ3v) is 3.43. The quantitative estimate of drug-likeness (QED) is 0.908. The zero-order valence-corrected chi connectivity index (χ0v) is 10.8. The first-order valence-corrected chi connectivity index (χ1v) is 6.57. The number of hydrogen-bond acceptors (Lipinski definition) is 3. The molecule has 1 heterocycles. The SMILES string of the molecule is CC(Nc1ncnc(C2CC2)c1F)c1ccccc1. The van der Waals surface area contributed by atoms with Crippen LogP contribution in [0, 0.1) is 5.82 Å². The highest BCUT2D eigenvalue weighted by Crippen LogP contribution is 2.41. The van der Waals surface area contributed by atoms with Crippen LogP contribution in [0.5, 0.6) is 0 Å². The Kier molecular flexibility index (Phi) is 3.15. The summed E-state index contributed by atoms with van der Waals surface area (Å²) in [4.78, 5) is 8.07. The summed E-state index contributed by atoms with van der Waals surface area (Å²) in [6.45, 7) is 1.99. The average Bonchev–Trinajstić information content (AvgIpc) is 3.26. The maximum absolute atomic E-state index is 14.3. The molecule has 1 aliphatic rings. The van der Waals surface area contributed by atoms with Crippen molar-refractivity contribution in [2.24, 2.45) is 0 Å². The van der Waals surface area contributed by atoms with Crippen LogP contribution in [-0.2, 0) is 0 Å². The van der Waals surface area contributed by atoms with Crippen molar-refractivity contribution in [2.75, 3.05) is 5.32 Å². The van der Waals surface area contributed by atoms with Gasteiger partial charge in [0.05, 0.1) is 11.7 Å². The van der Waals surface area contributed by atoms with Gasteiger partial charge in [0.2, 0.25) is 0 Å². The smallest absolute Gasteiger partial charge is 0.187 e. The Hall–Kier alpha value is -1.97. The van der Waals surface area contributed by atoms with Gasteiger partial charge >= 0.3 is 0 Å². The molecule has 0 amide bonds. The second-order valence-corrected chi connectivity index (χ2v) is 4.97. The van der Waals surface area contributed by atoms with Gasteiger partial charge in [-0.2, -0.15) is 0 Å². The molecule has 1 aromatic heterocycles. The lowest BCUT2D eigenvalue weighted by Crippen LogP contribution is -2.11. The van der Waals surface area contributed by atoms with Crippen LogP contribution in [0.3, 0.4) is 0 Å². The minimum atomic E-state index is -0.298. The Bertz CT molecular complexity index is 567. The number of rotatable bonds is 4. The monoisotopic (exact) mass is 257 g/mol. The molecule has 3 nitrogen and oxygen atoms in total. The van der Waals surface area contributed by atoms with E-state index in [1.54, 1.807) is 0 Å². The Morgan fingerprint density at radius 1 is 1.21 bits per heavy atom. The molecule has 4 heteroatoms. The Labute approximate surface area is 111 Å². The molecule has 1 unspecified atom stereocenters. The van der Waals surface area contributed by atoms with E-state index in [0.717, 1.165) is 18.4 Å². The first kappa shape index (κ1) is 12.1. The van der Waals surface area contributed by atoms with E-state index in [9.17, 15) is 4.39 Å². The maximum atomic E-state index is 14.3. The van der Waals surface area contributed by atoms with Gasteiger partial charge < -0.3 is 5.32 Å². The van der Waals surface area contributed by atoms with E-state index in [1.807, 2.05) is 37.3 Å². The topological polar surface area (TPSA) is 37.8 Å². The highest BCUT2D eigenvalue weighted by Gasteiger charge is 2.29. The lowest BCUT2D eigenvalue weighted by atomic mass is 10.1. The molecule has 1 N–H and O–H groups in total. The van der Waals surface area contributed by atoms with E-state index in [4.69, 9.17) is 0 Å². The second-order valence-electron chi connectivity index (χ2n) is 4.97. The molecule has 1 fully saturated rings. The van der Waals surface area contributed by atoms with E-state index < -0.39 is 0 Å². The fraction of sp³-hybridized carbons (Fsp3) is 0.333. The van der Waals surface area contributed by atoms with Gasteiger partial charge in [0.15, 0.2) is 11.6 Å². The molecule has 1 atom stereocenters. The van der Waals surface area contributed by atoms with Crippen LogP contribution in [0.4, 0.5) is 10.2 Å². The number of anilines is 1. The summed E-state index contributed by atoms with van der Waals surface area (Å²) in [5.74, 6) is 0.289. The van der Waals surface area contributed by atoms with Gasteiger partial charge in [-0.1, -0.05) is 30.3 Å². The summed E-state index contributed by atoms with van der Waals surface area (Å²) in [5.41, 5.74) is 1.66. The highest BCUT2D eigenvalue weighted by atomic mass is 19.1. The predicted molar refractivity (Wildman–Crippen MR) is 72.4 cm³/mol. The molecule has 1 aromatic carbocycles. The van der Waals surface area contributed by atoms with E-state index in [-0.39, 0.29) is 17.8 Å². The zero-order chi connectivity index (χ0) is 13.2. The minimum Gasteiger partial charge on any atom is -0.361 e. The summed E-state index contributed by atoms with van der Waals surface area (Å²) in [6.07, 6.45) is 3.50. The Morgan fingerprint density at radius 2 is 1.95 bits per heavy atom. The summed E-state index contributed by atoms with van der Waals surface area (Å²) in [5, 5.41) is 3.12. The largest absolute Gasteiger partial charge is 0.361 e. The standard InChI is InChI=1S/C15H16FN3/c1-10(11-5-3-2-4-6-11)19-15-13(16)14(12-7-8-12)17-9-18-15/h2-6,9-10,12H,7-8H2,1H3,(H,17,18,19). The number of hydrogen-bond donors (Lipinski definition) is 1. The van der Waals surface area contributed by atoms with Crippen molar-refractivity contribution >= 4 is 5.82 Å². The van der Waals surface area contributed by atoms with Crippen LogP contribution >= 0.6 is 0 Å². The van der Waals surface area contributed by atoms with Gasteiger partial charge in [-0.05, 0) is 25.3 Å². The van der Waals surface area contributed by atoms with E-state index in [1.165, 1.54) is 6.33 Å². The first-order valence-electron chi connectivity index (χ1n) is 6.57. The fourth-order valence-electron chi connectivity index (χ4n) is 2.16. The van der Waals surface area contributed by atoms with E-state index in [2.05, 4.69) is 15.3 Å². The van der Waals surface area contributed by atoms with Crippen LogP contribution in [0.15, 0.2) is 36.7 Å². The molecular weight excluding hydrogens is 241 g/mol. The third-order valence-electron chi connectivity index (χ3n) is 3.43. The van der Waals surface area contributed by atoms with Crippen LogP contribution < -0.4 is 5.32 Å². The van der Waals surface area contributed by atoms with Crippen molar-refractivity contribution in [2.45, 2.75) is 31.7 Å². The van der Waals surface area contributed by atoms with E-state index >= 15 is 0 Å². The van der Waals surface area contributed by atoms with Crippen LogP contribution in [0.2, 0.25) is 0 Å². The minimum absolute atomic E-state index is 0.0117. The van der Waals surface area contributed by atoms with Crippen LogP contribution in [0.1, 0.15) is 43.0 Å². The first-order chi connectivity index (χ1) is 9.25. The number of aromatic nitrogens is 2. The third kappa shape index (κ3) is 2.57. The van der Waals surface area contributed by atoms with Crippen LogP contribution in [-0.4, -0.2) is 9.97 Å². The van der Waals surface area contributed by atoms with Gasteiger partial charge in [-0.25, -0.2) is 14.4 Å². The molecule has 0 radical (unpaired) electrons. The summed E-state index contributed by atoms with van der Waals surface area (Å²) in [7, 11) is 0. The van der Waals surface area contributed by atoms with E-state index in [0.29, 0.717) is 11.5 Å². The lowest BCUT2D eigenvalue weighted by Gasteiger charge is -2.16. The van der Waals surface area contributed by atoms with Gasteiger partial charge in [0.25, 0.3) is 0 Å². The molecule has 98 valence electrons. The fourth-order valence-corrected chi connectivity index (χ4v) is 2.16. The molecule has 19 heavy (non-hydrogen) atoms. The molecule has 2 aromatic rings. The average molecular weight is 257 g/mol. The maximum Gasteiger partial charge on any atom is 0.187 e. The predicted octanol–water partition coefficient (Wildman–Crippen LogP) is 3.67. The van der Waals surface area contributed by atoms with Gasteiger partial charge in [-0.3, -0.25) is 0 Å². The summed E-state index contributed by atoms with van der Waals surface area (Å²) in [6, 6.07) is 9.95. The number of nitrogens with zero attached hydrogens (tertiary/aromatic N) is 2. The van der Waals surface area contributed by atoms with Crippen molar-refractivity contribution in [3.8, 4) is 0 Å². The molecule has 1 saturated carbocycles. The highest BCUT2D eigenvalue weighted by molar-refractivity contribution is 5.41. The number of benzene rings is 1. The summed E-state index contributed by atoms with van der Waals surface area (Å²) < 4.78 is 14.3. The normalized spacial score (nSPS) is 16.1. The Balaban J connectivity index is 1.81. The van der Waals surface area contributed by atoms with Crippen molar-refractivity contribution < 1.29 is 4.39 Å². The van der Waals surface area contributed by atoms with Gasteiger partial charge in [0.1, 0.15) is 6.33 Å². The van der Waals surface area contributed by atoms with Crippen molar-refractivity contribution in [3.63, 3.8) is 0 Å². The number of halogens is 1. The molecule has 0 spiro atoms. The molecule has 0 bridgehead atoms. The van der Waals surface area contributed by atoms with Crippen molar-refractivity contribution in [3.05, 3.63) is 53.7 Å². The van der Waals surface area contributed by atoms with Gasteiger partial charge in [-0.15, -0.1) is 0 Å². The molecule has 0 saturated heterocycles. The summed E-state index contributed by atoms with van der Waals surface area (Å²) >= 11 is 0. The number of nitrogens with one attached hydrogen (secondary N) is 1. The molecule has 0 aliphatic heterocycles. The second kappa shape index (κ2) is 4.96. The lowest BCUT2D eigenvalue weighted by molar-refractivity contribution is 0.592. The van der Waals surface area contributed by atoms with Gasteiger partial charge in [0, 0.05) is 5.92 Å². The molecule has 3 rings (SSSR count). The zero-order valence-electron chi connectivity index (χ0n) is 10.8. The van der Waals surface area contributed by atoms with Crippen molar-refractivity contribution in [1.82, 2.24) is 9.97 Å². The molecular formula is C15H16FN3. The molecule has 1 aliphatic carbocycles. The Morgan fingerprint density at radius 3 is 2.63 bits per heavy atom.